The van der Waals surface area contributed by atoms with Gasteiger partial charge in [-0.05, 0) is 17.5 Å². The molecule has 0 aliphatic carbocycles. The van der Waals surface area contributed by atoms with Gasteiger partial charge in [0.2, 0.25) is 11.6 Å². The Kier molecular flexibility index (Phi) is 6.32. The molecule has 0 aliphatic rings. The van der Waals surface area contributed by atoms with Gasteiger partial charge in [0, 0.05) is 0 Å². The molecular formula is C17H16F4O5S. The zero-order chi connectivity index (χ0) is 20.4. The maximum atomic E-state index is 13.8. The van der Waals surface area contributed by atoms with Crippen LogP contribution < -0.4 is 9.47 Å². The summed E-state index contributed by atoms with van der Waals surface area (Å²) in [5, 5.41) is 0. The summed E-state index contributed by atoms with van der Waals surface area (Å²) in [7, 11) is -5.51. The topological polar surface area (TPSA) is 72.8 Å². The predicted octanol–water partition coefficient (Wildman–Crippen LogP) is 4.07. The van der Waals surface area contributed by atoms with Crippen LogP contribution in [-0.2, 0) is 10.1 Å². The molecule has 0 amide bonds. The minimum Gasteiger partial charge on any atom is -0.490 e. The SMILES string of the molecule is CC(C)c1ccccc1OCCOc1c(F)c(F)c(S(=O)(=O)O)c(F)c1F. The molecule has 1 N–H and O–H groups in total. The van der Waals surface area contributed by atoms with E-state index in [2.05, 4.69) is 4.74 Å². The van der Waals surface area contributed by atoms with Gasteiger partial charge in [0.15, 0.2) is 22.3 Å². The van der Waals surface area contributed by atoms with Gasteiger partial charge in [0.25, 0.3) is 0 Å². The standard InChI is InChI=1S/C17H16F4O5S/c1-9(2)10-5-3-4-6-11(10)25-7-8-26-16-12(18)14(20)17(27(22,23)24)15(21)13(16)19/h3-6,9H,7-8H2,1-2H3,(H,22,23,24). The van der Waals surface area contributed by atoms with Crippen LogP contribution in [0.3, 0.4) is 0 Å². The van der Waals surface area contributed by atoms with Crippen molar-refractivity contribution in [2.45, 2.75) is 24.7 Å². The van der Waals surface area contributed by atoms with Crippen molar-refractivity contribution in [3.05, 3.63) is 53.1 Å². The number of halogens is 4. The highest BCUT2D eigenvalue weighted by Gasteiger charge is 2.33. The second-order valence-corrected chi connectivity index (χ2v) is 7.14. The Morgan fingerprint density at radius 2 is 1.44 bits per heavy atom. The van der Waals surface area contributed by atoms with Crippen LogP contribution in [0.15, 0.2) is 29.2 Å². The van der Waals surface area contributed by atoms with E-state index in [1.54, 1.807) is 12.1 Å². The fourth-order valence-electron chi connectivity index (χ4n) is 2.33. The molecule has 0 radical (unpaired) electrons. The lowest BCUT2D eigenvalue weighted by molar-refractivity contribution is 0.198. The first-order valence-corrected chi connectivity index (χ1v) is 9.17. The van der Waals surface area contributed by atoms with Crippen LogP contribution in [0.2, 0.25) is 0 Å². The van der Waals surface area contributed by atoms with E-state index in [-0.39, 0.29) is 12.5 Å². The third-order valence-corrected chi connectivity index (χ3v) is 4.44. The van der Waals surface area contributed by atoms with Gasteiger partial charge >= 0.3 is 10.1 Å². The minimum absolute atomic E-state index is 0.146. The third kappa shape index (κ3) is 4.51. The van der Waals surface area contributed by atoms with Crippen molar-refractivity contribution in [1.82, 2.24) is 0 Å². The lowest BCUT2D eigenvalue weighted by Crippen LogP contribution is -2.15. The van der Waals surface area contributed by atoms with Gasteiger partial charge in [-0.1, -0.05) is 32.0 Å². The van der Waals surface area contributed by atoms with E-state index < -0.39 is 50.6 Å². The first-order chi connectivity index (χ1) is 12.6. The summed E-state index contributed by atoms with van der Waals surface area (Å²) < 4.78 is 95.6. The van der Waals surface area contributed by atoms with Crippen LogP contribution in [0.5, 0.6) is 11.5 Å². The van der Waals surface area contributed by atoms with E-state index in [1.807, 2.05) is 26.0 Å². The van der Waals surface area contributed by atoms with Crippen molar-refractivity contribution in [2.75, 3.05) is 13.2 Å². The number of para-hydroxylation sites is 1. The Morgan fingerprint density at radius 1 is 0.926 bits per heavy atom. The van der Waals surface area contributed by atoms with Crippen molar-refractivity contribution < 1.29 is 40.0 Å². The monoisotopic (exact) mass is 408 g/mol. The molecule has 0 aliphatic heterocycles. The molecule has 0 saturated heterocycles. The molecule has 0 spiro atoms. The summed E-state index contributed by atoms with van der Waals surface area (Å²) in [4.78, 5) is -2.12. The van der Waals surface area contributed by atoms with Gasteiger partial charge in [-0.25, -0.2) is 8.78 Å². The maximum Gasteiger partial charge on any atom is 0.300 e. The van der Waals surface area contributed by atoms with Gasteiger partial charge < -0.3 is 9.47 Å². The molecule has 0 fully saturated rings. The molecule has 0 heterocycles. The molecule has 2 rings (SSSR count). The Hall–Kier alpha value is -2.33. The van der Waals surface area contributed by atoms with Crippen molar-refractivity contribution >= 4 is 10.1 Å². The van der Waals surface area contributed by atoms with E-state index in [1.165, 1.54) is 0 Å². The maximum absolute atomic E-state index is 13.8. The molecule has 0 aromatic heterocycles. The van der Waals surface area contributed by atoms with E-state index in [0.29, 0.717) is 5.75 Å². The second-order valence-electron chi connectivity index (χ2n) is 5.78. The second kappa shape index (κ2) is 8.13. The molecule has 5 nitrogen and oxygen atoms in total. The smallest absolute Gasteiger partial charge is 0.300 e. The summed E-state index contributed by atoms with van der Waals surface area (Å²) in [5.41, 5.74) is 0.879. The largest absolute Gasteiger partial charge is 0.490 e. The summed E-state index contributed by atoms with van der Waals surface area (Å²) in [6.45, 7) is 3.19. The lowest BCUT2D eigenvalue weighted by atomic mass is 10.0. The molecule has 0 bridgehead atoms. The van der Waals surface area contributed by atoms with Crippen molar-refractivity contribution in [2.24, 2.45) is 0 Å². The first kappa shape index (κ1) is 21.0. The zero-order valence-electron chi connectivity index (χ0n) is 14.3. The van der Waals surface area contributed by atoms with Crippen LogP contribution in [-0.4, -0.2) is 26.2 Å². The molecule has 0 atom stereocenters. The average Bonchev–Trinajstić information content (AvgIpc) is 2.58. The van der Waals surface area contributed by atoms with Crippen LogP contribution >= 0.6 is 0 Å². The van der Waals surface area contributed by atoms with E-state index in [4.69, 9.17) is 9.29 Å². The number of ether oxygens (including phenoxy) is 2. The Balaban J connectivity index is 2.16. The van der Waals surface area contributed by atoms with Crippen LogP contribution in [0.25, 0.3) is 0 Å². The molecule has 27 heavy (non-hydrogen) atoms. The van der Waals surface area contributed by atoms with Gasteiger partial charge in [-0.15, -0.1) is 0 Å². The third-order valence-electron chi connectivity index (χ3n) is 3.57. The van der Waals surface area contributed by atoms with Gasteiger partial charge in [0.1, 0.15) is 19.0 Å². The Labute approximate surface area is 153 Å². The van der Waals surface area contributed by atoms with Crippen molar-refractivity contribution in [1.29, 1.82) is 0 Å². The van der Waals surface area contributed by atoms with Crippen molar-refractivity contribution in [3.8, 4) is 11.5 Å². The van der Waals surface area contributed by atoms with Crippen LogP contribution in [0.1, 0.15) is 25.3 Å². The number of benzene rings is 2. The normalized spacial score (nSPS) is 11.7. The highest BCUT2D eigenvalue weighted by atomic mass is 32.2. The molecule has 148 valence electrons. The zero-order valence-corrected chi connectivity index (χ0v) is 15.1. The molecule has 2 aromatic carbocycles. The molecule has 10 heteroatoms. The van der Waals surface area contributed by atoms with E-state index in [9.17, 15) is 26.0 Å². The quantitative estimate of drug-likeness (QED) is 0.324. The first-order valence-electron chi connectivity index (χ1n) is 7.73. The van der Waals surface area contributed by atoms with E-state index in [0.717, 1.165) is 5.56 Å². The van der Waals surface area contributed by atoms with Crippen LogP contribution in [0, 0.1) is 23.3 Å². The highest BCUT2D eigenvalue weighted by Crippen LogP contribution is 2.32. The average molecular weight is 408 g/mol. The molecular weight excluding hydrogens is 392 g/mol. The molecule has 0 unspecified atom stereocenters. The predicted molar refractivity (Wildman–Crippen MR) is 87.6 cm³/mol. The molecule has 0 saturated carbocycles. The fourth-order valence-corrected chi connectivity index (χ4v) is 2.96. The number of hydrogen-bond donors (Lipinski definition) is 1. The van der Waals surface area contributed by atoms with Crippen molar-refractivity contribution in [3.63, 3.8) is 0 Å². The summed E-state index contributed by atoms with van der Waals surface area (Å²) in [6.07, 6.45) is 0. The Bertz CT molecular complexity index is 916. The molecule has 2 aromatic rings. The van der Waals surface area contributed by atoms with Crippen LogP contribution in [0.4, 0.5) is 17.6 Å². The van der Waals surface area contributed by atoms with Gasteiger partial charge in [0.05, 0.1) is 0 Å². The van der Waals surface area contributed by atoms with E-state index >= 15 is 0 Å². The Morgan fingerprint density at radius 3 is 1.96 bits per heavy atom. The fraction of sp³-hybridized carbons (Fsp3) is 0.294. The lowest BCUT2D eigenvalue weighted by Gasteiger charge is -2.15. The van der Waals surface area contributed by atoms with Gasteiger partial charge in [-0.3, -0.25) is 4.55 Å². The highest BCUT2D eigenvalue weighted by molar-refractivity contribution is 7.85. The summed E-state index contributed by atoms with van der Waals surface area (Å²) in [5.74, 6) is -9.51. The van der Waals surface area contributed by atoms with Gasteiger partial charge in [-0.2, -0.15) is 17.2 Å². The summed E-state index contributed by atoms with van der Waals surface area (Å²) >= 11 is 0. The number of rotatable bonds is 7. The number of hydrogen-bond acceptors (Lipinski definition) is 4. The summed E-state index contributed by atoms with van der Waals surface area (Å²) in [6, 6.07) is 7.04. The minimum atomic E-state index is -5.51.